The van der Waals surface area contributed by atoms with Crippen LogP contribution < -0.4 is 10.1 Å². The lowest BCUT2D eigenvalue weighted by molar-refractivity contribution is 0.261. The largest absolute Gasteiger partial charge is 0.481 e. The molecule has 0 aliphatic carbocycles. The molecule has 0 aromatic carbocycles. The van der Waals surface area contributed by atoms with E-state index in [1.165, 1.54) is 12.0 Å². The number of nitrogens with zero attached hydrogens (tertiary/aromatic N) is 3. The van der Waals surface area contributed by atoms with Crippen LogP contribution in [0.15, 0.2) is 0 Å². The summed E-state index contributed by atoms with van der Waals surface area (Å²) in [6, 6.07) is 0.405. The number of hydrogen-bond donors (Lipinski definition) is 1. The molecule has 0 amide bonds. The van der Waals surface area contributed by atoms with Gasteiger partial charge in [-0.15, -0.1) is 0 Å². The standard InChI is InChI=1S/C14H26N4O/c1-6-15-9-11-7-8-17(3)13(11)12-10(2)16-18(4)14(12)19-5/h11,13,15H,6-9H2,1-5H3. The van der Waals surface area contributed by atoms with Crippen molar-refractivity contribution in [3.63, 3.8) is 0 Å². The zero-order valence-electron chi connectivity index (χ0n) is 12.7. The summed E-state index contributed by atoms with van der Waals surface area (Å²) in [5.74, 6) is 1.53. The van der Waals surface area contributed by atoms with E-state index in [4.69, 9.17) is 4.74 Å². The van der Waals surface area contributed by atoms with Crippen LogP contribution in [-0.4, -0.2) is 48.5 Å². The summed E-state index contributed by atoms with van der Waals surface area (Å²) in [6.07, 6.45) is 1.23. The Hall–Kier alpha value is -1.07. The first-order chi connectivity index (χ1) is 9.10. The second-order valence-corrected chi connectivity index (χ2v) is 5.41. The molecule has 1 aromatic heterocycles. The first kappa shape index (κ1) is 14.3. The zero-order valence-corrected chi connectivity index (χ0v) is 12.7. The SMILES string of the molecule is CCNCC1CCN(C)C1c1c(C)nn(C)c1OC. The molecule has 2 heterocycles. The Morgan fingerprint density at radius 2 is 2.16 bits per heavy atom. The van der Waals surface area contributed by atoms with Crippen molar-refractivity contribution in [1.82, 2.24) is 20.0 Å². The van der Waals surface area contributed by atoms with E-state index in [0.29, 0.717) is 12.0 Å². The Balaban J connectivity index is 2.32. The van der Waals surface area contributed by atoms with Crippen LogP contribution in [-0.2, 0) is 7.05 Å². The molecule has 2 unspecified atom stereocenters. The number of rotatable bonds is 5. The predicted molar refractivity (Wildman–Crippen MR) is 76.5 cm³/mol. The van der Waals surface area contributed by atoms with Crippen LogP contribution in [0.1, 0.15) is 30.6 Å². The molecule has 5 heteroatoms. The molecule has 1 saturated heterocycles. The molecule has 0 radical (unpaired) electrons. The van der Waals surface area contributed by atoms with Gasteiger partial charge in [0, 0.05) is 13.1 Å². The van der Waals surface area contributed by atoms with Gasteiger partial charge in [-0.05, 0) is 45.9 Å². The van der Waals surface area contributed by atoms with E-state index in [-0.39, 0.29) is 0 Å². The summed E-state index contributed by atoms with van der Waals surface area (Å²) < 4.78 is 7.41. The van der Waals surface area contributed by atoms with Crippen LogP contribution in [0.2, 0.25) is 0 Å². The molecular formula is C14H26N4O. The first-order valence-electron chi connectivity index (χ1n) is 7.08. The fourth-order valence-corrected chi connectivity index (χ4v) is 3.26. The fraction of sp³-hybridized carbons (Fsp3) is 0.786. The van der Waals surface area contributed by atoms with Crippen molar-refractivity contribution in [1.29, 1.82) is 0 Å². The minimum Gasteiger partial charge on any atom is -0.481 e. The van der Waals surface area contributed by atoms with Gasteiger partial charge in [-0.2, -0.15) is 5.10 Å². The van der Waals surface area contributed by atoms with Crippen LogP contribution in [0.4, 0.5) is 0 Å². The Bertz CT molecular complexity index is 429. The Labute approximate surface area is 115 Å². The lowest BCUT2D eigenvalue weighted by Gasteiger charge is -2.26. The van der Waals surface area contributed by atoms with Crippen molar-refractivity contribution in [3.8, 4) is 5.88 Å². The van der Waals surface area contributed by atoms with Gasteiger partial charge in [0.05, 0.1) is 18.4 Å². The molecule has 1 aliphatic rings. The van der Waals surface area contributed by atoms with Gasteiger partial charge in [-0.1, -0.05) is 6.92 Å². The summed E-state index contributed by atoms with van der Waals surface area (Å²) in [5.41, 5.74) is 2.34. The number of methoxy groups -OCH3 is 1. The molecule has 108 valence electrons. The number of aryl methyl sites for hydroxylation is 2. The molecule has 1 aliphatic heterocycles. The lowest BCUT2D eigenvalue weighted by Crippen LogP contribution is -2.29. The molecule has 0 saturated carbocycles. The van der Waals surface area contributed by atoms with Gasteiger partial charge in [-0.25, -0.2) is 4.68 Å². The third-order valence-electron chi connectivity index (χ3n) is 4.13. The molecule has 1 fully saturated rings. The molecule has 1 aromatic rings. The second-order valence-electron chi connectivity index (χ2n) is 5.41. The summed E-state index contributed by atoms with van der Waals surface area (Å²) >= 11 is 0. The monoisotopic (exact) mass is 266 g/mol. The highest BCUT2D eigenvalue weighted by molar-refractivity contribution is 5.35. The van der Waals surface area contributed by atoms with Gasteiger partial charge >= 0.3 is 0 Å². The van der Waals surface area contributed by atoms with Gasteiger partial charge < -0.3 is 10.1 Å². The molecule has 2 atom stereocenters. The van der Waals surface area contributed by atoms with Crippen molar-refractivity contribution in [2.75, 3.05) is 33.8 Å². The Kier molecular flexibility index (Phi) is 4.47. The topological polar surface area (TPSA) is 42.3 Å². The quantitative estimate of drug-likeness (QED) is 0.873. The minimum absolute atomic E-state index is 0.405. The highest BCUT2D eigenvalue weighted by Gasteiger charge is 2.37. The first-order valence-corrected chi connectivity index (χ1v) is 7.08. The van der Waals surface area contributed by atoms with E-state index < -0.39 is 0 Å². The number of nitrogens with one attached hydrogen (secondary N) is 1. The van der Waals surface area contributed by atoms with E-state index in [2.05, 4.69) is 36.2 Å². The summed E-state index contributed by atoms with van der Waals surface area (Å²) in [6.45, 7) is 7.45. The lowest BCUT2D eigenvalue weighted by atomic mass is 9.93. The molecule has 2 rings (SSSR count). The van der Waals surface area contributed by atoms with Crippen LogP contribution >= 0.6 is 0 Å². The van der Waals surface area contributed by atoms with E-state index >= 15 is 0 Å². The minimum atomic E-state index is 0.405. The predicted octanol–water partition coefficient (Wildman–Crippen LogP) is 1.34. The number of aromatic nitrogens is 2. The molecule has 5 nitrogen and oxygen atoms in total. The number of likely N-dealkylation sites (tertiary alicyclic amines) is 1. The van der Waals surface area contributed by atoms with Gasteiger partial charge in [0.2, 0.25) is 5.88 Å². The zero-order chi connectivity index (χ0) is 14.0. The second kappa shape index (κ2) is 5.92. The molecule has 0 spiro atoms. The van der Waals surface area contributed by atoms with Gasteiger partial charge in [0.25, 0.3) is 0 Å². The van der Waals surface area contributed by atoms with E-state index in [1.54, 1.807) is 7.11 Å². The van der Waals surface area contributed by atoms with Crippen molar-refractivity contribution in [2.45, 2.75) is 26.3 Å². The molecule has 0 bridgehead atoms. The van der Waals surface area contributed by atoms with Crippen molar-refractivity contribution >= 4 is 0 Å². The van der Waals surface area contributed by atoms with Gasteiger partial charge in [0.1, 0.15) is 0 Å². The third kappa shape index (κ3) is 2.62. The van der Waals surface area contributed by atoms with Crippen LogP contribution in [0.3, 0.4) is 0 Å². The van der Waals surface area contributed by atoms with E-state index in [1.807, 2.05) is 11.7 Å². The summed E-state index contributed by atoms with van der Waals surface area (Å²) in [4.78, 5) is 2.43. The summed E-state index contributed by atoms with van der Waals surface area (Å²) in [5, 5.41) is 8.00. The Morgan fingerprint density at radius 1 is 1.42 bits per heavy atom. The fourth-order valence-electron chi connectivity index (χ4n) is 3.26. The maximum Gasteiger partial charge on any atom is 0.216 e. The van der Waals surface area contributed by atoms with Gasteiger partial charge in [0.15, 0.2) is 0 Å². The number of hydrogen-bond acceptors (Lipinski definition) is 4. The summed E-state index contributed by atoms with van der Waals surface area (Å²) in [7, 11) is 5.88. The Morgan fingerprint density at radius 3 is 2.79 bits per heavy atom. The van der Waals surface area contributed by atoms with Crippen molar-refractivity contribution in [3.05, 3.63) is 11.3 Å². The van der Waals surface area contributed by atoms with Crippen molar-refractivity contribution in [2.24, 2.45) is 13.0 Å². The highest BCUT2D eigenvalue weighted by atomic mass is 16.5. The third-order valence-corrected chi connectivity index (χ3v) is 4.13. The maximum absolute atomic E-state index is 5.56. The van der Waals surface area contributed by atoms with Crippen LogP contribution in [0.25, 0.3) is 0 Å². The van der Waals surface area contributed by atoms with E-state index in [9.17, 15) is 0 Å². The van der Waals surface area contributed by atoms with E-state index in [0.717, 1.165) is 31.2 Å². The average Bonchev–Trinajstić information content (AvgIpc) is 2.86. The molecule has 1 N–H and O–H groups in total. The smallest absolute Gasteiger partial charge is 0.216 e. The van der Waals surface area contributed by atoms with Gasteiger partial charge in [-0.3, -0.25) is 4.90 Å². The van der Waals surface area contributed by atoms with Crippen molar-refractivity contribution < 1.29 is 4.74 Å². The normalized spacial score (nSPS) is 24.1. The molecule has 19 heavy (non-hydrogen) atoms. The number of ether oxygens (including phenoxy) is 1. The van der Waals surface area contributed by atoms with Crippen LogP contribution in [0.5, 0.6) is 5.88 Å². The average molecular weight is 266 g/mol. The molecular weight excluding hydrogens is 240 g/mol. The maximum atomic E-state index is 5.56. The van der Waals surface area contributed by atoms with Crippen LogP contribution in [0, 0.1) is 12.8 Å². The highest BCUT2D eigenvalue weighted by Crippen LogP contribution is 2.41.